The molecule has 0 saturated heterocycles. The molecule has 39 heavy (non-hydrogen) atoms. The fourth-order valence-electron chi connectivity index (χ4n) is 3.29. The molecule has 2 aromatic carbocycles. The molecular formula is C24H19Br2F9N2O2. The maximum absolute atomic E-state index is 13.7. The molecule has 0 fully saturated rings. The number of halogens is 11. The lowest BCUT2D eigenvalue weighted by Crippen LogP contribution is -2.45. The van der Waals surface area contributed by atoms with E-state index in [-0.39, 0.29) is 11.1 Å². The van der Waals surface area contributed by atoms with Crippen molar-refractivity contribution in [1.29, 1.82) is 0 Å². The lowest BCUT2D eigenvalue weighted by Gasteiger charge is -2.19. The average Bonchev–Trinajstić information content (AvgIpc) is 2.76. The minimum atomic E-state index is -5.10. The summed E-state index contributed by atoms with van der Waals surface area (Å²) in [6.45, 7) is 0.260. The van der Waals surface area contributed by atoms with Gasteiger partial charge in [-0.1, -0.05) is 50.1 Å². The number of hydrogen-bond donors (Lipinski definition) is 2. The van der Waals surface area contributed by atoms with Crippen molar-refractivity contribution in [2.24, 2.45) is 0 Å². The molecule has 214 valence electrons. The molecule has 0 aliphatic heterocycles. The number of benzene rings is 2. The predicted octanol–water partition coefficient (Wildman–Crippen LogP) is 7.78. The average molecular weight is 698 g/mol. The number of carbonyl (C=O) groups is 2. The van der Waals surface area contributed by atoms with Gasteiger partial charge in [0.2, 0.25) is 5.91 Å². The summed E-state index contributed by atoms with van der Waals surface area (Å²) < 4.78 is 120. The van der Waals surface area contributed by atoms with Crippen molar-refractivity contribution >= 4 is 49.8 Å². The van der Waals surface area contributed by atoms with Gasteiger partial charge < -0.3 is 10.6 Å². The predicted molar refractivity (Wildman–Crippen MR) is 132 cm³/mol. The molecule has 15 heteroatoms. The quantitative estimate of drug-likeness (QED) is 0.277. The Hall–Kier alpha value is -2.55. The van der Waals surface area contributed by atoms with Crippen molar-refractivity contribution in [3.63, 3.8) is 0 Å². The van der Waals surface area contributed by atoms with Crippen LogP contribution in [0.4, 0.5) is 39.5 Å². The largest absolute Gasteiger partial charge is 0.417 e. The first-order valence-electron chi connectivity index (χ1n) is 10.9. The maximum Gasteiger partial charge on any atom is 0.417 e. The van der Waals surface area contributed by atoms with Crippen molar-refractivity contribution in [2.75, 3.05) is 6.54 Å². The van der Waals surface area contributed by atoms with Crippen LogP contribution in [-0.2, 0) is 11.0 Å². The summed E-state index contributed by atoms with van der Waals surface area (Å²) in [6.07, 6.45) is -14.3. The first-order valence-corrected chi connectivity index (χ1v) is 12.4. The lowest BCUT2D eigenvalue weighted by atomic mass is 9.96. The Morgan fingerprint density at radius 1 is 0.923 bits per heavy atom. The smallest absolute Gasteiger partial charge is 0.354 e. The van der Waals surface area contributed by atoms with E-state index in [9.17, 15) is 49.1 Å². The normalized spacial score (nSPS) is 14.3. The van der Waals surface area contributed by atoms with E-state index in [0.29, 0.717) is 21.1 Å². The van der Waals surface area contributed by atoms with E-state index in [1.54, 1.807) is 0 Å². The summed E-state index contributed by atoms with van der Waals surface area (Å²) in [7, 11) is 0. The van der Waals surface area contributed by atoms with E-state index in [4.69, 9.17) is 0 Å². The van der Waals surface area contributed by atoms with Gasteiger partial charge >= 0.3 is 18.5 Å². The lowest BCUT2D eigenvalue weighted by molar-refractivity contribution is -0.140. The monoisotopic (exact) mass is 696 g/mol. The molecule has 2 rings (SSSR count). The minimum absolute atomic E-state index is 0.186. The molecule has 2 aromatic rings. The van der Waals surface area contributed by atoms with Crippen molar-refractivity contribution in [2.45, 2.75) is 43.8 Å². The van der Waals surface area contributed by atoms with Crippen LogP contribution in [0.2, 0.25) is 0 Å². The third-order valence-electron chi connectivity index (χ3n) is 5.12. The molecule has 0 heterocycles. The van der Waals surface area contributed by atoms with Gasteiger partial charge in [-0.3, -0.25) is 9.59 Å². The highest BCUT2D eigenvalue weighted by Gasteiger charge is 2.39. The second kappa shape index (κ2) is 12.7. The number of nitrogens with one attached hydrogen (secondary N) is 2. The number of hydrogen-bond acceptors (Lipinski definition) is 2. The zero-order chi connectivity index (χ0) is 29.8. The highest BCUT2D eigenvalue weighted by molar-refractivity contribution is 9.11. The van der Waals surface area contributed by atoms with E-state index in [1.807, 2.05) is 10.6 Å². The first kappa shape index (κ1) is 32.7. The SMILES string of the molecule is C[C@@H](NC(=O)c1ccc(/C=C/C(c2cc(Br)cc(Br)c2)C(F)(F)F)cc1C(F)(F)F)C(=O)NCCC(F)(F)F. The molecule has 4 nitrogen and oxygen atoms in total. The van der Waals surface area contributed by atoms with E-state index in [1.165, 1.54) is 18.2 Å². The van der Waals surface area contributed by atoms with Gasteiger partial charge in [0.05, 0.1) is 23.5 Å². The summed E-state index contributed by atoms with van der Waals surface area (Å²) >= 11 is 6.18. The maximum atomic E-state index is 13.7. The molecule has 2 amide bonds. The highest BCUT2D eigenvalue weighted by Crippen LogP contribution is 2.39. The molecule has 0 radical (unpaired) electrons. The molecule has 0 saturated carbocycles. The summed E-state index contributed by atoms with van der Waals surface area (Å²) in [5.74, 6) is -4.58. The molecule has 2 atom stereocenters. The van der Waals surface area contributed by atoms with Crippen LogP contribution in [0.5, 0.6) is 0 Å². The first-order chi connectivity index (χ1) is 17.8. The zero-order valence-electron chi connectivity index (χ0n) is 19.7. The van der Waals surface area contributed by atoms with Gasteiger partial charge in [0.15, 0.2) is 0 Å². The van der Waals surface area contributed by atoms with E-state index in [0.717, 1.165) is 25.1 Å². The molecule has 0 aliphatic rings. The Labute approximate surface area is 233 Å². The van der Waals surface area contributed by atoms with Crippen molar-refractivity contribution in [1.82, 2.24) is 10.6 Å². The third kappa shape index (κ3) is 10.2. The van der Waals surface area contributed by atoms with Gasteiger partial charge in [-0.05, 0) is 48.4 Å². The van der Waals surface area contributed by atoms with Crippen molar-refractivity contribution in [3.05, 3.63) is 73.7 Å². The number of alkyl halides is 9. The van der Waals surface area contributed by atoms with Gasteiger partial charge in [-0.15, -0.1) is 0 Å². The third-order valence-corrected chi connectivity index (χ3v) is 6.04. The van der Waals surface area contributed by atoms with Crippen molar-refractivity contribution in [3.8, 4) is 0 Å². The fourth-order valence-corrected chi connectivity index (χ4v) is 4.62. The van der Waals surface area contributed by atoms with Crippen LogP contribution in [0, 0.1) is 0 Å². The van der Waals surface area contributed by atoms with Gasteiger partial charge in [0.25, 0.3) is 5.91 Å². The summed E-state index contributed by atoms with van der Waals surface area (Å²) in [5.41, 5.74) is -2.90. The Balaban J connectivity index is 2.30. The number of amides is 2. The Kier molecular flexibility index (Phi) is 10.7. The fraction of sp³-hybridized carbons (Fsp3) is 0.333. The summed E-state index contributed by atoms with van der Waals surface area (Å²) in [6, 6.07) is 4.63. The molecule has 0 bridgehead atoms. The van der Waals surface area contributed by atoms with Crippen LogP contribution in [0.3, 0.4) is 0 Å². The zero-order valence-corrected chi connectivity index (χ0v) is 22.8. The molecular weight excluding hydrogens is 679 g/mol. The number of carbonyl (C=O) groups excluding carboxylic acids is 2. The molecule has 0 aliphatic carbocycles. The molecule has 0 aromatic heterocycles. The Bertz CT molecular complexity index is 1210. The van der Waals surface area contributed by atoms with E-state index < -0.39 is 66.4 Å². The van der Waals surface area contributed by atoms with Crippen LogP contribution >= 0.6 is 31.9 Å². The second-order valence-corrected chi connectivity index (χ2v) is 10.1. The standard InChI is InChI=1S/C24H19Br2F9N2O2/c1-12(20(38)36-7-6-22(27,28)29)37-21(39)17-4-2-13(8-19(17)24(33,34)35)3-5-18(23(30,31)32)14-9-15(25)11-16(26)10-14/h2-5,8-12,18H,6-7H2,1H3,(H,36,38)(H,37,39)/b5-3+/t12-,18?/m1/s1. The number of rotatable bonds is 8. The topological polar surface area (TPSA) is 58.2 Å². The van der Waals surface area contributed by atoms with E-state index in [2.05, 4.69) is 31.9 Å². The minimum Gasteiger partial charge on any atom is -0.354 e. The van der Waals surface area contributed by atoms with Crippen LogP contribution in [0.25, 0.3) is 6.08 Å². The Morgan fingerprint density at radius 2 is 1.51 bits per heavy atom. The summed E-state index contributed by atoms with van der Waals surface area (Å²) in [4.78, 5) is 24.4. The molecule has 2 N–H and O–H groups in total. The van der Waals surface area contributed by atoms with Gasteiger partial charge in [0, 0.05) is 15.5 Å². The van der Waals surface area contributed by atoms with Gasteiger partial charge in [-0.2, -0.15) is 39.5 Å². The molecule has 1 unspecified atom stereocenters. The number of allylic oxidation sites excluding steroid dienone is 1. The van der Waals surface area contributed by atoms with Crippen molar-refractivity contribution < 1.29 is 49.1 Å². The van der Waals surface area contributed by atoms with Crippen LogP contribution < -0.4 is 10.6 Å². The second-order valence-electron chi connectivity index (χ2n) is 8.24. The van der Waals surface area contributed by atoms with E-state index >= 15 is 0 Å². The Morgan fingerprint density at radius 3 is 2.03 bits per heavy atom. The van der Waals surface area contributed by atoms with Gasteiger partial charge in [0.1, 0.15) is 6.04 Å². The highest BCUT2D eigenvalue weighted by atomic mass is 79.9. The summed E-state index contributed by atoms with van der Waals surface area (Å²) in [5, 5.41) is 3.88. The van der Waals surface area contributed by atoms with Crippen LogP contribution in [-0.4, -0.2) is 36.8 Å². The van der Waals surface area contributed by atoms with Crippen LogP contribution in [0.1, 0.15) is 46.3 Å². The van der Waals surface area contributed by atoms with Gasteiger partial charge in [-0.25, -0.2) is 0 Å². The molecule has 0 spiro atoms. The van der Waals surface area contributed by atoms with Crippen LogP contribution in [0.15, 0.2) is 51.4 Å².